The lowest BCUT2D eigenvalue weighted by Gasteiger charge is -2.32. The molecular formula is C17H25Cl2NO4. The average Bonchev–Trinajstić information content (AvgIpc) is 2.54. The zero-order valence-electron chi connectivity index (χ0n) is 13.8. The molecule has 0 aliphatic carbocycles. The highest BCUT2D eigenvalue weighted by atomic mass is 35.5. The van der Waals surface area contributed by atoms with Gasteiger partial charge in [0.15, 0.2) is 0 Å². The third-order valence-electron chi connectivity index (χ3n) is 3.86. The number of piperidine rings is 1. The van der Waals surface area contributed by atoms with Crippen molar-refractivity contribution in [2.24, 2.45) is 5.92 Å². The monoisotopic (exact) mass is 377 g/mol. The number of rotatable bonds is 7. The van der Waals surface area contributed by atoms with Crippen LogP contribution in [0.3, 0.4) is 0 Å². The summed E-state index contributed by atoms with van der Waals surface area (Å²) in [6.07, 6.45) is 1.15. The fourth-order valence-corrected chi connectivity index (χ4v) is 2.96. The van der Waals surface area contributed by atoms with E-state index in [1.807, 2.05) is 19.1 Å². The van der Waals surface area contributed by atoms with E-state index in [2.05, 4.69) is 4.90 Å². The van der Waals surface area contributed by atoms with Crippen LogP contribution in [0.15, 0.2) is 24.3 Å². The lowest BCUT2D eigenvalue weighted by molar-refractivity contribution is -0.150. The number of para-hydroxylation sites is 1. The van der Waals surface area contributed by atoms with Crippen molar-refractivity contribution in [3.8, 4) is 5.75 Å². The number of likely N-dealkylation sites (tertiary alicyclic amines) is 1. The summed E-state index contributed by atoms with van der Waals surface area (Å²) in [5.74, 6) is 0.329. The van der Waals surface area contributed by atoms with Crippen LogP contribution in [-0.4, -0.2) is 54.9 Å². The first-order valence-electron chi connectivity index (χ1n) is 8.04. The van der Waals surface area contributed by atoms with Crippen LogP contribution in [0, 0.1) is 5.92 Å². The van der Waals surface area contributed by atoms with Crippen LogP contribution >= 0.6 is 24.0 Å². The highest BCUT2D eigenvalue weighted by Crippen LogP contribution is 2.23. The number of benzene rings is 1. The van der Waals surface area contributed by atoms with E-state index in [0.717, 1.165) is 19.4 Å². The molecule has 7 heteroatoms. The van der Waals surface area contributed by atoms with Gasteiger partial charge in [-0.15, -0.1) is 12.4 Å². The molecule has 0 saturated carbocycles. The molecule has 0 aromatic heterocycles. The fourth-order valence-electron chi connectivity index (χ4n) is 2.77. The number of β-amino-alcohol motifs (C(OH)–C–C–N with tert-alkyl or cyclic N) is 1. The minimum atomic E-state index is -0.632. The lowest BCUT2D eigenvalue weighted by Crippen LogP contribution is -2.44. The Morgan fingerprint density at radius 3 is 2.92 bits per heavy atom. The maximum Gasteiger partial charge on any atom is 0.310 e. The number of halogens is 2. The topological polar surface area (TPSA) is 59.0 Å². The first-order chi connectivity index (χ1) is 11.1. The van der Waals surface area contributed by atoms with Crippen LogP contribution in [0.4, 0.5) is 0 Å². The average molecular weight is 378 g/mol. The Hall–Kier alpha value is -1.01. The standard InChI is InChI=1S/C17H24ClNO4.ClH/c1-2-22-17(21)13-6-5-9-19(10-13)11-14(20)12-23-16-8-4-3-7-15(16)18;/h3-4,7-8,13-14,20H,2,5-6,9-12H2,1H3;1H. The molecular weight excluding hydrogens is 353 g/mol. The number of esters is 1. The number of hydrogen-bond acceptors (Lipinski definition) is 5. The van der Waals surface area contributed by atoms with Crippen molar-refractivity contribution >= 4 is 30.0 Å². The van der Waals surface area contributed by atoms with Gasteiger partial charge in [0.05, 0.1) is 17.5 Å². The quantitative estimate of drug-likeness (QED) is 0.740. The molecule has 24 heavy (non-hydrogen) atoms. The lowest BCUT2D eigenvalue weighted by atomic mass is 9.98. The summed E-state index contributed by atoms with van der Waals surface area (Å²) in [5.41, 5.74) is 0. The van der Waals surface area contributed by atoms with Gasteiger partial charge in [-0.2, -0.15) is 0 Å². The molecule has 1 aliphatic heterocycles. The molecule has 0 amide bonds. The number of carbonyl (C=O) groups excluding carboxylic acids is 1. The summed E-state index contributed by atoms with van der Waals surface area (Å²) in [6, 6.07) is 7.18. The summed E-state index contributed by atoms with van der Waals surface area (Å²) in [7, 11) is 0. The van der Waals surface area contributed by atoms with Gasteiger partial charge >= 0.3 is 5.97 Å². The van der Waals surface area contributed by atoms with Gasteiger partial charge in [-0.25, -0.2) is 0 Å². The first-order valence-corrected chi connectivity index (χ1v) is 8.42. The number of nitrogens with zero attached hydrogens (tertiary/aromatic N) is 1. The second kappa shape index (κ2) is 10.8. The Morgan fingerprint density at radius 1 is 1.46 bits per heavy atom. The second-order valence-corrected chi connectivity index (χ2v) is 6.15. The Kier molecular flexibility index (Phi) is 9.44. The Labute approximate surface area is 154 Å². The number of carbonyl (C=O) groups is 1. The Morgan fingerprint density at radius 2 is 2.21 bits per heavy atom. The summed E-state index contributed by atoms with van der Waals surface area (Å²) in [5, 5.41) is 10.7. The molecule has 1 saturated heterocycles. The molecule has 1 N–H and O–H groups in total. The van der Waals surface area contributed by atoms with Gasteiger partial charge in [0.2, 0.25) is 0 Å². The van der Waals surface area contributed by atoms with E-state index in [1.54, 1.807) is 12.1 Å². The maximum atomic E-state index is 11.8. The van der Waals surface area contributed by atoms with Crippen molar-refractivity contribution in [3.63, 3.8) is 0 Å². The highest BCUT2D eigenvalue weighted by molar-refractivity contribution is 6.32. The van der Waals surface area contributed by atoms with E-state index < -0.39 is 6.10 Å². The molecule has 2 atom stereocenters. The molecule has 136 valence electrons. The number of aliphatic hydroxyl groups is 1. The van der Waals surface area contributed by atoms with Gasteiger partial charge in [-0.05, 0) is 38.4 Å². The predicted octanol–water partition coefficient (Wildman–Crippen LogP) is 2.78. The SMILES string of the molecule is CCOC(=O)C1CCCN(CC(O)COc2ccccc2Cl)C1.Cl. The first kappa shape index (κ1) is 21.0. The molecule has 1 aliphatic rings. The Bertz CT molecular complexity index is 515. The molecule has 2 rings (SSSR count). The smallest absolute Gasteiger partial charge is 0.310 e. The molecule has 0 bridgehead atoms. The normalized spacial score (nSPS) is 19.2. The minimum Gasteiger partial charge on any atom is -0.489 e. The predicted molar refractivity (Wildman–Crippen MR) is 96.0 cm³/mol. The van der Waals surface area contributed by atoms with Crippen molar-refractivity contribution < 1.29 is 19.4 Å². The van der Waals surface area contributed by atoms with Gasteiger partial charge in [0.1, 0.15) is 18.5 Å². The molecule has 1 aromatic rings. The second-order valence-electron chi connectivity index (χ2n) is 5.75. The van der Waals surface area contributed by atoms with E-state index in [4.69, 9.17) is 21.1 Å². The number of hydrogen-bond donors (Lipinski definition) is 1. The third kappa shape index (κ3) is 6.48. The summed E-state index contributed by atoms with van der Waals surface area (Å²) < 4.78 is 10.6. The van der Waals surface area contributed by atoms with Crippen LogP contribution in [0.1, 0.15) is 19.8 Å². The van der Waals surface area contributed by atoms with Crippen LogP contribution in [0.25, 0.3) is 0 Å². The zero-order valence-corrected chi connectivity index (χ0v) is 15.4. The minimum absolute atomic E-state index is 0. The summed E-state index contributed by atoms with van der Waals surface area (Å²) >= 11 is 6.01. The Balaban J connectivity index is 0.00000288. The largest absolute Gasteiger partial charge is 0.489 e. The number of ether oxygens (including phenoxy) is 2. The van der Waals surface area contributed by atoms with Crippen molar-refractivity contribution in [2.45, 2.75) is 25.9 Å². The molecule has 0 radical (unpaired) electrons. The molecule has 5 nitrogen and oxygen atoms in total. The molecule has 0 spiro atoms. The van der Waals surface area contributed by atoms with Gasteiger partial charge < -0.3 is 14.6 Å². The highest BCUT2D eigenvalue weighted by Gasteiger charge is 2.27. The van der Waals surface area contributed by atoms with Gasteiger partial charge in [-0.3, -0.25) is 9.69 Å². The van der Waals surface area contributed by atoms with Gasteiger partial charge in [0, 0.05) is 13.1 Å². The molecule has 2 unspecified atom stereocenters. The molecule has 1 aromatic carbocycles. The summed E-state index contributed by atoms with van der Waals surface area (Å²) in [6.45, 7) is 4.36. The summed E-state index contributed by atoms with van der Waals surface area (Å²) in [4.78, 5) is 13.9. The van der Waals surface area contributed by atoms with Crippen LogP contribution in [-0.2, 0) is 9.53 Å². The van der Waals surface area contributed by atoms with Crippen molar-refractivity contribution in [2.75, 3.05) is 32.8 Å². The van der Waals surface area contributed by atoms with E-state index in [0.29, 0.717) is 30.5 Å². The van der Waals surface area contributed by atoms with Crippen molar-refractivity contribution in [1.29, 1.82) is 0 Å². The van der Waals surface area contributed by atoms with Gasteiger partial charge in [-0.1, -0.05) is 23.7 Å². The fraction of sp³-hybridized carbons (Fsp3) is 0.588. The molecule has 1 heterocycles. The third-order valence-corrected chi connectivity index (χ3v) is 4.17. The van der Waals surface area contributed by atoms with Gasteiger partial charge in [0.25, 0.3) is 0 Å². The number of aliphatic hydroxyl groups excluding tert-OH is 1. The molecule has 1 fully saturated rings. The van der Waals surface area contributed by atoms with E-state index in [1.165, 1.54) is 0 Å². The van der Waals surface area contributed by atoms with E-state index in [9.17, 15) is 9.90 Å². The van der Waals surface area contributed by atoms with E-state index in [-0.39, 0.29) is 30.9 Å². The van der Waals surface area contributed by atoms with Crippen LogP contribution in [0.5, 0.6) is 5.75 Å². The van der Waals surface area contributed by atoms with Crippen molar-refractivity contribution in [3.05, 3.63) is 29.3 Å². The maximum absolute atomic E-state index is 11.8. The van der Waals surface area contributed by atoms with Crippen molar-refractivity contribution in [1.82, 2.24) is 4.90 Å². The van der Waals surface area contributed by atoms with E-state index >= 15 is 0 Å². The van der Waals surface area contributed by atoms with Crippen LogP contribution < -0.4 is 4.74 Å². The zero-order chi connectivity index (χ0) is 16.7. The van der Waals surface area contributed by atoms with Crippen LogP contribution in [0.2, 0.25) is 5.02 Å².